The summed E-state index contributed by atoms with van der Waals surface area (Å²) in [5.41, 5.74) is 0.615. The van der Waals surface area contributed by atoms with E-state index in [2.05, 4.69) is 20.5 Å². The second-order valence-corrected chi connectivity index (χ2v) is 6.27. The Morgan fingerprint density at radius 2 is 2.08 bits per heavy atom. The van der Waals surface area contributed by atoms with Crippen LogP contribution in [0.25, 0.3) is 0 Å². The molecule has 0 saturated carbocycles. The molecule has 2 N–H and O–H groups in total. The van der Waals surface area contributed by atoms with Crippen molar-refractivity contribution in [2.45, 2.75) is 26.1 Å². The highest BCUT2D eigenvalue weighted by atomic mass is 16.5. The number of urea groups is 1. The van der Waals surface area contributed by atoms with E-state index in [4.69, 9.17) is 4.74 Å². The van der Waals surface area contributed by atoms with Crippen molar-refractivity contribution in [3.8, 4) is 0 Å². The molecule has 2 atom stereocenters. The number of amides is 3. The van der Waals surface area contributed by atoms with E-state index in [0.717, 1.165) is 18.9 Å². The molecular formula is C16H23N5O3. The molecule has 3 rings (SSSR count). The van der Waals surface area contributed by atoms with Crippen LogP contribution < -0.4 is 15.5 Å². The quantitative estimate of drug-likeness (QED) is 0.830. The van der Waals surface area contributed by atoms with Crippen LogP contribution in [0.5, 0.6) is 0 Å². The van der Waals surface area contributed by atoms with Crippen LogP contribution in [0.2, 0.25) is 0 Å². The molecule has 3 amide bonds. The summed E-state index contributed by atoms with van der Waals surface area (Å²) < 4.78 is 5.73. The number of hydrogen-bond donors (Lipinski definition) is 2. The number of anilines is 2. The summed E-state index contributed by atoms with van der Waals surface area (Å²) in [6.45, 7) is 6.76. The fourth-order valence-electron chi connectivity index (χ4n) is 3.03. The van der Waals surface area contributed by atoms with Gasteiger partial charge in [0.05, 0.1) is 24.1 Å². The van der Waals surface area contributed by atoms with E-state index in [9.17, 15) is 9.59 Å². The lowest BCUT2D eigenvalue weighted by molar-refractivity contribution is -0.123. The van der Waals surface area contributed by atoms with Crippen LogP contribution in [-0.4, -0.2) is 66.8 Å². The zero-order valence-corrected chi connectivity index (χ0v) is 14.0. The fraction of sp³-hybridized carbons (Fsp3) is 0.562. The van der Waals surface area contributed by atoms with Gasteiger partial charge in [-0.3, -0.25) is 4.79 Å². The lowest BCUT2D eigenvalue weighted by Gasteiger charge is -2.36. The fourth-order valence-corrected chi connectivity index (χ4v) is 3.03. The maximum atomic E-state index is 12.2. The molecule has 0 radical (unpaired) electrons. The van der Waals surface area contributed by atoms with Gasteiger partial charge in [-0.15, -0.1) is 0 Å². The molecule has 2 fully saturated rings. The predicted octanol–water partition coefficient (Wildman–Crippen LogP) is 0.659. The molecule has 0 bridgehead atoms. The summed E-state index contributed by atoms with van der Waals surface area (Å²) in [6.07, 6.45) is 1.97. The number of pyridine rings is 1. The summed E-state index contributed by atoms with van der Waals surface area (Å²) in [5.74, 6) is 0.729. The smallest absolute Gasteiger partial charge is 0.322 e. The third-order valence-corrected chi connectivity index (χ3v) is 4.07. The third kappa shape index (κ3) is 3.94. The Morgan fingerprint density at radius 1 is 1.33 bits per heavy atom. The summed E-state index contributed by atoms with van der Waals surface area (Å²) in [6, 6.07) is 3.44. The number of nitrogens with zero attached hydrogens (tertiary/aromatic N) is 3. The number of nitrogens with one attached hydrogen (secondary N) is 2. The van der Waals surface area contributed by atoms with Gasteiger partial charge in [-0.05, 0) is 26.0 Å². The molecule has 0 unspecified atom stereocenters. The highest BCUT2D eigenvalue weighted by Crippen LogP contribution is 2.19. The average Bonchev–Trinajstić information content (AvgIpc) is 2.54. The highest BCUT2D eigenvalue weighted by Gasteiger charge is 2.24. The number of rotatable bonds is 2. The number of piperazine rings is 1. The van der Waals surface area contributed by atoms with E-state index >= 15 is 0 Å². The molecule has 8 nitrogen and oxygen atoms in total. The molecule has 1 aromatic rings. The van der Waals surface area contributed by atoms with Crippen LogP contribution in [0.4, 0.5) is 16.3 Å². The van der Waals surface area contributed by atoms with E-state index in [-0.39, 0.29) is 30.7 Å². The van der Waals surface area contributed by atoms with E-state index < -0.39 is 0 Å². The molecule has 1 aromatic heterocycles. The number of ether oxygens (including phenoxy) is 1. The number of morpholine rings is 1. The van der Waals surface area contributed by atoms with Crippen LogP contribution >= 0.6 is 0 Å². The molecule has 0 aromatic carbocycles. The largest absolute Gasteiger partial charge is 0.372 e. The Hall–Kier alpha value is -2.35. The minimum Gasteiger partial charge on any atom is -0.372 e. The Bertz CT molecular complexity index is 596. The van der Waals surface area contributed by atoms with E-state index in [1.54, 1.807) is 6.20 Å². The van der Waals surface area contributed by atoms with Gasteiger partial charge in [0, 0.05) is 26.2 Å². The second-order valence-electron chi connectivity index (χ2n) is 6.27. The lowest BCUT2D eigenvalue weighted by atomic mass is 10.2. The molecule has 0 aliphatic carbocycles. The first-order valence-electron chi connectivity index (χ1n) is 8.20. The van der Waals surface area contributed by atoms with E-state index in [1.807, 2.05) is 26.0 Å². The number of carbonyl (C=O) groups is 2. The van der Waals surface area contributed by atoms with Gasteiger partial charge in [-0.25, -0.2) is 9.78 Å². The topological polar surface area (TPSA) is 86.8 Å². The number of hydrogen-bond acceptors (Lipinski definition) is 5. The average molecular weight is 333 g/mol. The SMILES string of the molecule is C[C@@H]1CN(c2ccc(NC(=O)N3CCNC(=O)C3)cn2)C[C@H](C)O1. The summed E-state index contributed by atoms with van der Waals surface area (Å²) in [5, 5.41) is 5.47. The Morgan fingerprint density at radius 3 is 2.71 bits per heavy atom. The van der Waals surface area contributed by atoms with Gasteiger partial charge in [-0.2, -0.15) is 0 Å². The van der Waals surface area contributed by atoms with Crippen molar-refractivity contribution >= 4 is 23.4 Å². The van der Waals surface area contributed by atoms with Gasteiger partial charge in [0.2, 0.25) is 5.91 Å². The molecule has 2 aliphatic heterocycles. The first-order chi connectivity index (χ1) is 11.5. The van der Waals surface area contributed by atoms with Crippen molar-refractivity contribution in [2.75, 3.05) is 42.9 Å². The summed E-state index contributed by atoms with van der Waals surface area (Å²) in [7, 11) is 0. The summed E-state index contributed by atoms with van der Waals surface area (Å²) in [4.78, 5) is 31.6. The molecule has 8 heteroatoms. The Kier molecular flexibility index (Phi) is 4.84. The van der Waals surface area contributed by atoms with Crippen molar-refractivity contribution < 1.29 is 14.3 Å². The molecule has 0 spiro atoms. The molecule has 24 heavy (non-hydrogen) atoms. The van der Waals surface area contributed by atoms with E-state index in [1.165, 1.54) is 4.90 Å². The van der Waals surface area contributed by atoms with Crippen LogP contribution in [0.15, 0.2) is 18.3 Å². The number of aromatic nitrogens is 1. The molecule has 2 saturated heterocycles. The molecule has 3 heterocycles. The van der Waals surface area contributed by atoms with Gasteiger partial charge in [0.15, 0.2) is 0 Å². The van der Waals surface area contributed by atoms with Crippen LogP contribution in [-0.2, 0) is 9.53 Å². The first-order valence-corrected chi connectivity index (χ1v) is 8.20. The van der Waals surface area contributed by atoms with Gasteiger partial charge in [0.25, 0.3) is 0 Å². The van der Waals surface area contributed by atoms with Gasteiger partial charge in [0.1, 0.15) is 12.4 Å². The van der Waals surface area contributed by atoms with Crippen molar-refractivity contribution in [3.05, 3.63) is 18.3 Å². The molecule has 2 aliphatic rings. The zero-order valence-electron chi connectivity index (χ0n) is 14.0. The van der Waals surface area contributed by atoms with Gasteiger partial charge < -0.3 is 25.2 Å². The minimum atomic E-state index is -0.284. The highest BCUT2D eigenvalue weighted by molar-refractivity contribution is 5.92. The zero-order chi connectivity index (χ0) is 17.1. The van der Waals surface area contributed by atoms with Gasteiger partial charge in [-0.1, -0.05) is 0 Å². The minimum absolute atomic E-state index is 0.0842. The van der Waals surface area contributed by atoms with Crippen LogP contribution in [0.1, 0.15) is 13.8 Å². The van der Waals surface area contributed by atoms with Crippen LogP contribution in [0, 0.1) is 0 Å². The predicted molar refractivity (Wildman–Crippen MR) is 90.1 cm³/mol. The van der Waals surface area contributed by atoms with Crippen molar-refractivity contribution in [1.82, 2.24) is 15.2 Å². The van der Waals surface area contributed by atoms with Crippen molar-refractivity contribution in [2.24, 2.45) is 0 Å². The van der Waals surface area contributed by atoms with E-state index in [0.29, 0.717) is 18.8 Å². The Balaban J connectivity index is 1.60. The second kappa shape index (κ2) is 7.04. The first kappa shape index (κ1) is 16.5. The lowest BCUT2D eigenvalue weighted by Crippen LogP contribution is -2.51. The standard InChI is InChI=1S/C16H23N5O3/c1-11-8-21(9-12(2)24-11)14-4-3-13(7-18-14)19-16(23)20-6-5-17-15(22)10-20/h3-4,7,11-12H,5-6,8-10H2,1-2H3,(H,17,22)(H,19,23)/t11-,12+. The van der Waals surface area contributed by atoms with Crippen LogP contribution in [0.3, 0.4) is 0 Å². The third-order valence-electron chi connectivity index (χ3n) is 4.07. The molecule has 130 valence electrons. The maximum absolute atomic E-state index is 12.2. The monoisotopic (exact) mass is 333 g/mol. The number of carbonyl (C=O) groups excluding carboxylic acids is 2. The van der Waals surface area contributed by atoms with Gasteiger partial charge >= 0.3 is 6.03 Å². The van der Waals surface area contributed by atoms with Crippen molar-refractivity contribution in [1.29, 1.82) is 0 Å². The Labute approximate surface area is 141 Å². The normalized spacial score (nSPS) is 24.5. The molecular weight excluding hydrogens is 310 g/mol. The maximum Gasteiger partial charge on any atom is 0.322 e. The summed E-state index contributed by atoms with van der Waals surface area (Å²) >= 11 is 0. The van der Waals surface area contributed by atoms with Crippen molar-refractivity contribution in [3.63, 3.8) is 0 Å².